The van der Waals surface area contributed by atoms with E-state index in [-0.39, 0.29) is 12.0 Å². The van der Waals surface area contributed by atoms with Crippen molar-refractivity contribution < 1.29 is 14.3 Å². The molecule has 0 unspecified atom stereocenters. The molecule has 0 aromatic carbocycles. The second-order valence-corrected chi connectivity index (χ2v) is 4.97. The average molecular weight is 280 g/mol. The quantitative estimate of drug-likeness (QED) is 0.745. The third-order valence-electron chi connectivity index (χ3n) is 3.32. The van der Waals surface area contributed by atoms with Crippen molar-refractivity contribution in [3.05, 3.63) is 17.0 Å². The normalized spacial score (nSPS) is 13.9. The van der Waals surface area contributed by atoms with Gasteiger partial charge in [-0.25, -0.2) is 9.59 Å². The smallest absolute Gasteiger partial charge is 0.356 e. The van der Waals surface area contributed by atoms with Crippen LogP contribution < -0.4 is 0 Å². The molecule has 1 aliphatic heterocycles. The number of nitrogens with zero attached hydrogens (tertiary/aromatic N) is 4. The van der Waals surface area contributed by atoms with Crippen molar-refractivity contribution in [1.29, 1.82) is 0 Å². The largest absolute Gasteiger partial charge is 0.461 e. The molecule has 110 valence electrons. The minimum absolute atomic E-state index is 0.0608. The van der Waals surface area contributed by atoms with Crippen LogP contribution in [0.15, 0.2) is 0 Å². The fourth-order valence-corrected chi connectivity index (χ4v) is 2.40. The molecule has 0 radical (unpaired) electrons. The number of carbonyl (C=O) groups is 2. The van der Waals surface area contributed by atoms with E-state index < -0.39 is 0 Å². The number of rotatable bonds is 2. The number of esters is 1. The molecule has 2 heterocycles. The third kappa shape index (κ3) is 2.48. The van der Waals surface area contributed by atoms with Crippen LogP contribution in [-0.4, -0.2) is 58.8 Å². The molecule has 0 N–H and O–H groups in total. The first-order valence-corrected chi connectivity index (χ1v) is 6.63. The average Bonchev–Trinajstić information content (AvgIpc) is 2.72. The molecule has 1 aromatic rings. The van der Waals surface area contributed by atoms with Crippen LogP contribution in [0.1, 0.15) is 28.7 Å². The van der Waals surface area contributed by atoms with Crippen LogP contribution in [0, 0.1) is 0 Å². The topological polar surface area (TPSA) is 67.7 Å². The molecular formula is C13H20N4O3. The van der Waals surface area contributed by atoms with Crippen molar-refractivity contribution in [3.63, 3.8) is 0 Å². The number of hydrogen-bond donors (Lipinski definition) is 0. The molecule has 0 saturated heterocycles. The van der Waals surface area contributed by atoms with Crippen molar-refractivity contribution >= 4 is 12.0 Å². The Morgan fingerprint density at radius 3 is 2.70 bits per heavy atom. The van der Waals surface area contributed by atoms with Gasteiger partial charge in [-0.2, -0.15) is 5.10 Å². The first kappa shape index (κ1) is 14.4. The number of aryl methyl sites for hydroxylation is 1. The Bertz CT molecular complexity index is 536. The molecule has 7 heteroatoms. The van der Waals surface area contributed by atoms with Crippen LogP contribution in [0.25, 0.3) is 0 Å². The molecule has 0 fully saturated rings. The predicted octanol–water partition coefficient (Wildman–Crippen LogP) is 0.637. The minimum atomic E-state index is -0.386. The second kappa shape index (κ2) is 5.52. The molecule has 0 saturated carbocycles. The first-order valence-electron chi connectivity index (χ1n) is 6.63. The lowest BCUT2D eigenvalue weighted by Crippen LogP contribution is -2.42. The Labute approximate surface area is 118 Å². The van der Waals surface area contributed by atoms with Crippen molar-refractivity contribution in [3.8, 4) is 0 Å². The highest BCUT2D eigenvalue weighted by molar-refractivity contribution is 5.90. The zero-order chi connectivity index (χ0) is 14.9. The SMILES string of the molecule is CCOC(=O)c1c2c(nn1C)CCN(C(=O)N(C)C)C2. The van der Waals surface area contributed by atoms with Gasteiger partial charge in [0.25, 0.3) is 0 Å². The van der Waals surface area contributed by atoms with Gasteiger partial charge in [0, 0.05) is 39.7 Å². The monoisotopic (exact) mass is 280 g/mol. The maximum absolute atomic E-state index is 12.0. The highest BCUT2D eigenvalue weighted by atomic mass is 16.5. The van der Waals surface area contributed by atoms with Gasteiger partial charge in [-0.05, 0) is 6.92 Å². The number of amides is 2. The molecule has 2 rings (SSSR count). The fraction of sp³-hybridized carbons (Fsp3) is 0.615. The summed E-state index contributed by atoms with van der Waals surface area (Å²) >= 11 is 0. The third-order valence-corrected chi connectivity index (χ3v) is 3.32. The van der Waals surface area contributed by atoms with Gasteiger partial charge in [-0.15, -0.1) is 0 Å². The number of carbonyl (C=O) groups excluding carboxylic acids is 2. The molecule has 0 atom stereocenters. The van der Waals surface area contributed by atoms with E-state index in [0.29, 0.717) is 31.8 Å². The van der Waals surface area contributed by atoms with Gasteiger partial charge in [-0.1, -0.05) is 0 Å². The van der Waals surface area contributed by atoms with E-state index in [9.17, 15) is 9.59 Å². The standard InChI is InChI=1S/C13H20N4O3/c1-5-20-12(18)11-9-8-17(13(19)15(2)3)7-6-10(9)14-16(11)4/h5-8H2,1-4H3. The summed E-state index contributed by atoms with van der Waals surface area (Å²) in [5.41, 5.74) is 2.11. The number of fused-ring (bicyclic) bond motifs is 1. The lowest BCUT2D eigenvalue weighted by Gasteiger charge is -2.29. The van der Waals surface area contributed by atoms with E-state index in [1.165, 1.54) is 4.90 Å². The number of hydrogen-bond acceptors (Lipinski definition) is 4. The highest BCUT2D eigenvalue weighted by Crippen LogP contribution is 2.23. The van der Waals surface area contributed by atoms with Crippen molar-refractivity contribution in [2.45, 2.75) is 19.9 Å². The van der Waals surface area contributed by atoms with Gasteiger partial charge in [0.15, 0.2) is 5.69 Å². The lowest BCUT2D eigenvalue weighted by molar-refractivity contribution is 0.0510. The summed E-state index contributed by atoms with van der Waals surface area (Å²) < 4.78 is 6.61. The molecule has 1 aliphatic rings. The van der Waals surface area contributed by atoms with E-state index in [1.54, 1.807) is 37.6 Å². The Morgan fingerprint density at radius 2 is 2.10 bits per heavy atom. The van der Waals surface area contributed by atoms with Crippen LogP contribution in [0.2, 0.25) is 0 Å². The molecule has 0 bridgehead atoms. The Balaban J connectivity index is 2.30. The summed E-state index contributed by atoms with van der Waals surface area (Å²) in [6.07, 6.45) is 0.655. The number of ether oxygens (including phenoxy) is 1. The summed E-state index contributed by atoms with van der Waals surface area (Å²) in [7, 11) is 5.16. The highest BCUT2D eigenvalue weighted by Gasteiger charge is 2.30. The maximum atomic E-state index is 12.0. The summed E-state index contributed by atoms with van der Waals surface area (Å²) in [6.45, 7) is 3.10. The van der Waals surface area contributed by atoms with Gasteiger partial charge >= 0.3 is 12.0 Å². The summed E-state index contributed by atoms with van der Waals surface area (Å²) in [6, 6.07) is -0.0608. The van der Waals surface area contributed by atoms with Crippen LogP contribution >= 0.6 is 0 Å². The molecule has 0 spiro atoms. The zero-order valence-corrected chi connectivity index (χ0v) is 12.3. The van der Waals surface area contributed by atoms with E-state index in [2.05, 4.69) is 5.10 Å². The van der Waals surface area contributed by atoms with Crippen LogP contribution in [0.5, 0.6) is 0 Å². The fourth-order valence-electron chi connectivity index (χ4n) is 2.40. The molecule has 20 heavy (non-hydrogen) atoms. The number of aromatic nitrogens is 2. The predicted molar refractivity (Wildman–Crippen MR) is 72.4 cm³/mol. The van der Waals surface area contributed by atoms with Gasteiger partial charge in [0.05, 0.1) is 18.8 Å². The van der Waals surface area contributed by atoms with Gasteiger partial charge < -0.3 is 14.5 Å². The molecule has 7 nitrogen and oxygen atoms in total. The zero-order valence-electron chi connectivity index (χ0n) is 12.3. The van der Waals surface area contributed by atoms with Crippen LogP contribution in [0.3, 0.4) is 0 Å². The molecular weight excluding hydrogens is 260 g/mol. The molecule has 1 aromatic heterocycles. The Morgan fingerprint density at radius 1 is 1.40 bits per heavy atom. The Kier molecular flexibility index (Phi) is 3.96. The van der Waals surface area contributed by atoms with Crippen molar-refractivity contribution in [1.82, 2.24) is 19.6 Å². The van der Waals surface area contributed by atoms with Crippen LogP contribution in [0.4, 0.5) is 4.79 Å². The van der Waals surface area contributed by atoms with Crippen LogP contribution in [-0.2, 0) is 24.8 Å². The summed E-state index contributed by atoms with van der Waals surface area (Å²) in [4.78, 5) is 27.3. The van der Waals surface area contributed by atoms with E-state index in [0.717, 1.165) is 11.3 Å². The maximum Gasteiger partial charge on any atom is 0.356 e. The summed E-state index contributed by atoms with van der Waals surface area (Å²) in [5.74, 6) is -0.386. The van der Waals surface area contributed by atoms with Gasteiger partial charge in [0.1, 0.15) is 0 Å². The Hall–Kier alpha value is -2.05. The van der Waals surface area contributed by atoms with E-state index in [4.69, 9.17) is 4.74 Å². The summed E-state index contributed by atoms with van der Waals surface area (Å²) in [5, 5.41) is 4.36. The second-order valence-electron chi connectivity index (χ2n) is 4.97. The molecule has 0 aliphatic carbocycles. The van der Waals surface area contributed by atoms with Crippen molar-refractivity contribution in [2.75, 3.05) is 27.2 Å². The van der Waals surface area contributed by atoms with Gasteiger partial charge in [-0.3, -0.25) is 4.68 Å². The van der Waals surface area contributed by atoms with E-state index in [1.807, 2.05) is 0 Å². The first-order chi connectivity index (χ1) is 9.45. The van der Waals surface area contributed by atoms with Gasteiger partial charge in [0.2, 0.25) is 0 Å². The number of urea groups is 1. The van der Waals surface area contributed by atoms with E-state index >= 15 is 0 Å². The lowest BCUT2D eigenvalue weighted by atomic mass is 10.1. The molecule has 2 amide bonds. The van der Waals surface area contributed by atoms with Crippen molar-refractivity contribution in [2.24, 2.45) is 7.05 Å². The minimum Gasteiger partial charge on any atom is -0.461 e.